The maximum absolute atomic E-state index is 3.20. The first kappa shape index (κ1) is 12.0. The molecule has 1 heteroatoms. The number of hydrogen-bond donors (Lipinski definition) is 1. The topological polar surface area (TPSA) is 12.0 Å². The van der Waals surface area contributed by atoms with Crippen LogP contribution in [-0.2, 0) is 0 Å². The lowest BCUT2D eigenvalue weighted by atomic mass is 9.97. The van der Waals surface area contributed by atoms with Gasteiger partial charge >= 0.3 is 0 Å². The van der Waals surface area contributed by atoms with Gasteiger partial charge in [-0.25, -0.2) is 0 Å². The molecule has 1 nitrogen and oxygen atoms in total. The van der Waals surface area contributed by atoms with E-state index in [1.165, 1.54) is 32.2 Å². The molecule has 0 fully saturated rings. The van der Waals surface area contributed by atoms with Crippen LogP contribution in [0.2, 0.25) is 0 Å². The average Bonchev–Trinajstić information content (AvgIpc) is 2.00. The first-order valence-electron chi connectivity index (χ1n) is 5.31. The summed E-state index contributed by atoms with van der Waals surface area (Å²) in [6.45, 7) is 8.14. The molecule has 0 aliphatic rings. The van der Waals surface area contributed by atoms with Crippen LogP contribution < -0.4 is 5.32 Å². The van der Waals surface area contributed by atoms with Crippen LogP contribution in [0, 0.1) is 11.8 Å². The van der Waals surface area contributed by atoms with Gasteiger partial charge in [0.2, 0.25) is 0 Å². The molecule has 1 N–H and O–H groups in total. The summed E-state index contributed by atoms with van der Waals surface area (Å²) < 4.78 is 0. The van der Waals surface area contributed by atoms with E-state index in [0.29, 0.717) is 0 Å². The van der Waals surface area contributed by atoms with Crippen molar-refractivity contribution in [2.75, 3.05) is 13.6 Å². The van der Waals surface area contributed by atoms with Gasteiger partial charge in [0.05, 0.1) is 0 Å². The Kier molecular flexibility index (Phi) is 7.58. The molecule has 0 aromatic heterocycles. The summed E-state index contributed by atoms with van der Waals surface area (Å²) in [7, 11) is 2.03. The van der Waals surface area contributed by atoms with Gasteiger partial charge in [-0.15, -0.1) is 0 Å². The highest BCUT2D eigenvalue weighted by molar-refractivity contribution is 4.56. The van der Waals surface area contributed by atoms with Crippen molar-refractivity contribution in [3.8, 4) is 0 Å². The summed E-state index contributed by atoms with van der Waals surface area (Å²) in [5.41, 5.74) is 0. The molecule has 0 heterocycles. The van der Waals surface area contributed by atoms with Gasteiger partial charge in [-0.2, -0.15) is 0 Å². The number of nitrogens with one attached hydrogen (secondary N) is 1. The average molecular weight is 171 g/mol. The largest absolute Gasteiger partial charge is 0.320 e. The van der Waals surface area contributed by atoms with Gasteiger partial charge in [0.25, 0.3) is 0 Å². The fourth-order valence-corrected chi connectivity index (χ4v) is 1.41. The summed E-state index contributed by atoms with van der Waals surface area (Å²) in [6, 6.07) is 0. The third-order valence-corrected chi connectivity index (χ3v) is 2.37. The Morgan fingerprint density at radius 2 is 1.67 bits per heavy atom. The Labute approximate surface area is 77.9 Å². The Hall–Kier alpha value is -0.0400. The van der Waals surface area contributed by atoms with Crippen LogP contribution in [0.5, 0.6) is 0 Å². The molecule has 0 aliphatic carbocycles. The molecule has 0 saturated heterocycles. The Morgan fingerprint density at radius 1 is 1.00 bits per heavy atom. The summed E-state index contributed by atoms with van der Waals surface area (Å²) in [4.78, 5) is 0. The van der Waals surface area contributed by atoms with E-state index in [4.69, 9.17) is 0 Å². The molecule has 0 amide bonds. The maximum atomic E-state index is 3.20. The fraction of sp³-hybridized carbons (Fsp3) is 1.00. The van der Waals surface area contributed by atoms with Crippen LogP contribution in [0.25, 0.3) is 0 Å². The predicted octanol–water partition coefficient (Wildman–Crippen LogP) is 3.06. The van der Waals surface area contributed by atoms with E-state index >= 15 is 0 Å². The second-order valence-electron chi connectivity index (χ2n) is 4.32. The summed E-state index contributed by atoms with van der Waals surface area (Å²) in [5, 5.41) is 3.20. The maximum Gasteiger partial charge on any atom is -0.00494 e. The van der Waals surface area contributed by atoms with Crippen molar-refractivity contribution < 1.29 is 0 Å². The van der Waals surface area contributed by atoms with E-state index in [1.54, 1.807) is 0 Å². The molecule has 1 atom stereocenters. The quantitative estimate of drug-likeness (QED) is 0.621. The molecule has 12 heavy (non-hydrogen) atoms. The summed E-state index contributed by atoms with van der Waals surface area (Å²) in [6.07, 6.45) is 5.53. The van der Waals surface area contributed by atoms with Crippen molar-refractivity contribution in [2.24, 2.45) is 11.8 Å². The van der Waals surface area contributed by atoms with Gasteiger partial charge in [0.15, 0.2) is 0 Å². The van der Waals surface area contributed by atoms with E-state index in [-0.39, 0.29) is 0 Å². The molecule has 0 aromatic rings. The van der Waals surface area contributed by atoms with E-state index < -0.39 is 0 Å². The Bertz CT molecular complexity index is 89.0. The third-order valence-electron chi connectivity index (χ3n) is 2.37. The molecule has 0 aliphatic heterocycles. The Balaban J connectivity index is 3.13. The van der Waals surface area contributed by atoms with Crippen LogP contribution in [0.3, 0.4) is 0 Å². The van der Waals surface area contributed by atoms with Gasteiger partial charge in [-0.3, -0.25) is 0 Å². The van der Waals surface area contributed by atoms with Gasteiger partial charge in [0, 0.05) is 0 Å². The summed E-state index contributed by atoms with van der Waals surface area (Å²) in [5.74, 6) is 1.78. The number of hydrogen-bond acceptors (Lipinski definition) is 1. The lowest BCUT2D eigenvalue weighted by molar-refractivity contribution is 0.432. The molecule has 0 unspecified atom stereocenters. The zero-order valence-corrected chi connectivity index (χ0v) is 9.19. The molecular weight excluding hydrogens is 146 g/mol. The standard InChI is InChI=1S/C11H25N/c1-10(2)6-5-7-11(3)8-9-12-4/h10-12H,5-9H2,1-4H3/t11-/m0/s1. The highest BCUT2D eigenvalue weighted by Gasteiger charge is 2.01. The normalized spacial score (nSPS) is 13.8. The van der Waals surface area contributed by atoms with E-state index in [9.17, 15) is 0 Å². The van der Waals surface area contributed by atoms with Crippen molar-refractivity contribution in [3.63, 3.8) is 0 Å². The molecule has 0 radical (unpaired) electrons. The minimum atomic E-state index is 0.876. The minimum absolute atomic E-state index is 0.876. The highest BCUT2D eigenvalue weighted by Crippen LogP contribution is 2.14. The van der Waals surface area contributed by atoms with Gasteiger partial charge in [0.1, 0.15) is 0 Å². The van der Waals surface area contributed by atoms with Crippen LogP contribution in [-0.4, -0.2) is 13.6 Å². The van der Waals surface area contributed by atoms with Crippen molar-refractivity contribution in [1.82, 2.24) is 5.32 Å². The first-order valence-corrected chi connectivity index (χ1v) is 5.31. The van der Waals surface area contributed by atoms with Crippen molar-refractivity contribution >= 4 is 0 Å². The zero-order chi connectivity index (χ0) is 9.40. The summed E-state index contributed by atoms with van der Waals surface area (Å²) >= 11 is 0. The first-order chi connectivity index (χ1) is 5.66. The SMILES string of the molecule is CNCC[C@@H](C)CCCC(C)C. The van der Waals surface area contributed by atoms with Gasteiger partial charge in [-0.05, 0) is 31.8 Å². The van der Waals surface area contributed by atoms with Crippen molar-refractivity contribution in [1.29, 1.82) is 0 Å². The zero-order valence-electron chi connectivity index (χ0n) is 9.19. The van der Waals surface area contributed by atoms with E-state index in [1.807, 2.05) is 7.05 Å². The van der Waals surface area contributed by atoms with Crippen LogP contribution >= 0.6 is 0 Å². The van der Waals surface area contributed by atoms with Gasteiger partial charge < -0.3 is 5.32 Å². The predicted molar refractivity (Wildman–Crippen MR) is 56.4 cm³/mol. The van der Waals surface area contributed by atoms with E-state index in [0.717, 1.165) is 11.8 Å². The van der Waals surface area contributed by atoms with Crippen LogP contribution in [0.4, 0.5) is 0 Å². The molecule has 0 bridgehead atoms. The lowest BCUT2D eigenvalue weighted by Gasteiger charge is -2.11. The van der Waals surface area contributed by atoms with Gasteiger partial charge in [-0.1, -0.05) is 40.0 Å². The molecule has 0 rings (SSSR count). The highest BCUT2D eigenvalue weighted by atomic mass is 14.8. The molecule has 0 saturated carbocycles. The molecule has 0 aromatic carbocycles. The lowest BCUT2D eigenvalue weighted by Crippen LogP contribution is -2.11. The second-order valence-corrected chi connectivity index (χ2v) is 4.32. The fourth-order valence-electron chi connectivity index (χ4n) is 1.41. The molecule has 0 spiro atoms. The number of rotatable bonds is 7. The minimum Gasteiger partial charge on any atom is -0.320 e. The van der Waals surface area contributed by atoms with Crippen molar-refractivity contribution in [3.05, 3.63) is 0 Å². The smallest absolute Gasteiger partial charge is 0.00494 e. The van der Waals surface area contributed by atoms with Crippen molar-refractivity contribution in [2.45, 2.75) is 46.5 Å². The van der Waals surface area contributed by atoms with Crippen LogP contribution in [0.15, 0.2) is 0 Å². The Morgan fingerprint density at radius 3 is 2.17 bits per heavy atom. The monoisotopic (exact) mass is 171 g/mol. The molecule has 74 valence electrons. The third kappa shape index (κ3) is 8.06. The van der Waals surface area contributed by atoms with E-state index in [2.05, 4.69) is 26.1 Å². The molecular formula is C11H25N. The second kappa shape index (κ2) is 7.60. The van der Waals surface area contributed by atoms with Crippen LogP contribution in [0.1, 0.15) is 46.5 Å².